The highest BCUT2D eigenvalue weighted by molar-refractivity contribution is 5.89. The molecular formula is C24H30N2O6. The molecule has 4 N–H and O–H groups in total. The van der Waals surface area contributed by atoms with Crippen molar-refractivity contribution in [2.75, 3.05) is 13.7 Å². The van der Waals surface area contributed by atoms with Crippen LogP contribution in [-0.2, 0) is 20.8 Å². The van der Waals surface area contributed by atoms with Crippen molar-refractivity contribution in [1.82, 2.24) is 10.6 Å². The standard InChI is InChI=1S/C24H30N2O6/c1-16(18-8-10-19(32-2)11-9-18)12-13-25-20(15-22(27)28)23(29)26-21(24(30)31)14-17-6-4-3-5-7-17/h3-11,16,20-21,25H,12-15H2,1-2H3,(H,26,29)(H,27,28)(H,30,31)/t16?,20-,21-/m0/s1. The first-order chi connectivity index (χ1) is 15.3. The lowest BCUT2D eigenvalue weighted by molar-refractivity contribution is -0.143. The van der Waals surface area contributed by atoms with Crippen LogP contribution in [0, 0.1) is 0 Å². The Labute approximate surface area is 187 Å². The zero-order chi connectivity index (χ0) is 23.5. The molecule has 0 heterocycles. The molecule has 0 aliphatic rings. The number of carbonyl (C=O) groups excluding carboxylic acids is 1. The Hall–Kier alpha value is -3.39. The molecule has 0 aromatic heterocycles. The van der Waals surface area contributed by atoms with Crippen molar-refractivity contribution in [2.45, 2.75) is 44.2 Å². The smallest absolute Gasteiger partial charge is 0.326 e. The van der Waals surface area contributed by atoms with Gasteiger partial charge >= 0.3 is 11.9 Å². The number of ether oxygens (including phenoxy) is 1. The molecule has 0 bridgehead atoms. The Morgan fingerprint density at radius 3 is 2.19 bits per heavy atom. The molecule has 1 unspecified atom stereocenters. The fourth-order valence-corrected chi connectivity index (χ4v) is 3.33. The first kappa shape index (κ1) is 24.9. The van der Waals surface area contributed by atoms with Crippen molar-refractivity contribution >= 4 is 17.8 Å². The van der Waals surface area contributed by atoms with Crippen molar-refractivity contribution in [1.29, 1.82) is 0 Å². The summed E-state index contributed by atoms with van der Waals surface area (Å²) in [7, 11) is 1.60. The van der Waals surface area contributed by atoms with E-state index >= 15 is 0 Å². The Balaban J connectivity index is 1.95. The van der Waals surface area contributed by atoms with Crippen molar-refractivity contribution in [2.24, 2.45) is 0 Å². The van der Waals surface area contributed by atoms with Crippen molar-refractivity contribution in [3.63, 3.8) is 0 Å². The van der Waals surface area contributed by atoms with Crippen LogP contribution in [0.1, 0.15) is 36.8 Å². The maximum absolute atomic E-state index is 12.7. The van der Waals surface area contributed by atoms with E-state index in [-0.39, 0.29) is 12.3 Å². The first-order valence-electron chi connectivity index (χ1n) is 10.5. The van der Waals surface area contributed by atoms with Crippen LogP contribution in [0.15, 0.2) is 54.6 Å². The van der Waals surface area contributed by atoms with Gasteiger partial charge in [0.15, 0.2) is 0 Å². The van der Waals surface area contributed by atoms with Crippen molar-refractivity contribution in [3.8, 4) is 5.75 Å². The van der Waals surface area contributed by atoms with Crippen molar-refractivity contribution < 1.29 is 29.3 Å². The number of carbonyl (C=O) groups is 3. The van der Waals surface area contributed by atoms with E-state index in [4.69, 9.17) is 4.74 Å². The van der Waals surface area contributed by atoms with Gasteiger partial charge in [0, 0.05) is 6.42 Å². The van der Waals surface area contributed by atoms with Crippen LogP contribution >= 0.6 is 0 Å². The minimum Gasteiger partial charge on any atom is -0.497 e. The molecule has 0 spiro atoms. The quantitative estimate of drug-likeness (QED) is 0.375. The fraction of sp³-hybridized carbons (Fsp3) is 0.375. The second-order valence-electron chi connectivity index (χ2n) is 7.66. The molecule has 8 heteroatoms. The summed E-state index contributed by atoms with van der Waals surface area (Å²) in [6, 6.07) is 14.4. The molecule has 2 rings (SSSR count). The SMILES string of the molecule is COc1ccc(C(C)CCN[C@@H](CC(=O)O)C(=O)N[C@@H](Cc2ccccc2)C(=O)O)cc1. The molecule has 3 atom stereocenters. The molecule has 2 aromatic carbocycles. The number of benzene rings is 2. The number of carboxylic acids is 2. The van der Waals surface area contributed by atoms with Gasteiger partial charge in [-0.2, -0.15) is 0 Å². The van der Waals surface area contributed by atoms with Crippen LogP contribution in [0.25, 0.3) is 0 Å². The highest BCUT2D eigenvalue weighted by atomic mass is 16.5. The normalized spacial score (nSPS) is 13.6. The Morgan fingerprint density at radius 1 is 0.969 bits per heavy atom. The number of methoxy groups -OCH3 is 1. The topological polar surface area (TPSA) is 125 Å². The highest BCUT2D eigenvalue weighted by Gasteiger charge is 2.27. The van der Waals surface area contributed by atoms with Gasteiger partial charge in [0.25, 0.3) is 0 Å². The Kier molecular flexibility index (Phi) is 9.69. The van der Waals surface area contributed by atoms with E-state index in [1.54, 1.807) is 31.4 Å². The number of hydrogen-bond donors (Lipinski definition) is 4. The monoisotopic (exact) mass is 442 g/mol. The molecule has 0 aliphatic heterocycles. The van der Waals surface area contributed by atoms with E-state index in [1.165, 1.54) is 0 Å². The van der Waals surface area contributed by atoms with Gasteiger partial charge in [-0.25, -0.2) is 4.79 Å². The van der Waals surface area contributed by atoms with Gasteiger partial charge in [0.2, 0.25) is 5.91 Å². The lowest BCUT2D eigenvalue weighted by Crippen LogP contribution is -2.51. The zero-order valence-electron chi connectivity index (χ0n) is 18.3. The molecule has 0 saturated heterocycles. The van der Waals surface area contributed by atoms with E-state index in [1.807, 2.05) is 37.3 Å². The molecule has 172 valence electrons. The number of amides is 1. The second kappa shape index (κ2) is 12.5. The third kappa shape index (κ3) is 8.03. The molecule has 1 amide bonds. The summed E-state index contributed by atoms with van der Waals surface area (Å²) in [6.45, 7) is 2.44. The molecular weight excluding hydrogens is 412 g/mol. The Bertz CT molecular complexity index is 885. The maximum atomic E-state index is 12.7. The lowest BCUT2D eigenvalue weighted by atomic mass is 9.97. The molecule has 0 saturated carbocycles. The summed E-state index contributed by atoms with van der Waals surface area (Å²) in [6.07, 6.45) is 0.332. The van der Waals surface area contributed by atoms with E-state index < -0.39 is 36.4 Å². The molecule has 8 nitrogen and oxygen atoms in total. The van der Waals surface area contributed by atoms with E-state index in [9.17, 15) is 24.6 Å². The highest BCUT2D eigenvalue weighted by Crippen LogP contribution is 2.21. The third-order valence-electron chi connectivity index (χ3n) is 5.25. The maximum Gasteiger partial charge on any atom is 0.326 e. The molecule has 2 aromatic rings. The summed E-state index contributed by atoms with van der Waals surface area (Å²) in [5.41, 5.74) is 1.86. The van der Waals surface area contributed by atoms with Gasteiger partial charge in [0.05, 0.1) is 19.6 Å². The van der Waals surface area contributed by atoms with Crippen LogP contribution in [0.2, 0.25) is 0 Å². The average molecular weight is 443 g/mol. The van der Waals surface area contributed by atoms with Gasteiger partial charge in [-0.15, -0.1) is 0 Å². The van der Waals surface area contributed by atoms with Gasteiger partial charge in [-0.05, 0) is 42.1 Å². The predicted molar refractivity (Wildman–Crippen MR) is 120 cm³/mol. The van der Waals surface area contributed by atoms with Crippen molar-refractivity contribution in [3.05, 3.63) is 65.7 Å². The second-order valence-corrected chi connectivity index (χ2v) is 7.66. The number of hydrogen-bond acceptors (Lipinski definition) is 5. The predicted octanol–water partition coefficient (Wildman–Crippen LogP) is 2.43. The third-order valence-corrected chi connectivity index (χ3v) is 5.25. The molecule has 0 radical (unpaired) electrons. The van der Waals surface area contributed by atoms with Crippen LogP contribution in [0.5, 0.6) is 5.75 Å². The number of aliphatic carboxylic acids is 2. The van der Waals surface area contributed by atoms with E-state index in [0.717, 1.165) is 16.9 Å². The Morgan fingerprint density at radius 2 is 1.62 bits per heavy atom. The summed E-state index contributed by atoms with van der Waals surface area (Å²) in [5, 5.41) is 24.1. The summed E-state index contributed by atoms with van der Waals surface area (Å²) in [4.78, 5) is 35.6. The van der Waals surface area contributed by atoms with Gasteiger partial charge in [0.1, 0.15) is 11.8 Å². The summed E-state index contributed by atoms with van der Waals surface area (Å²) >= 11 is 0. The fourth-order valence-electron chi connectivity index (χ4n) is 3.33. The van der Waals surface area contributed by atoms with E-state index in [0.29, 0.717) is 13.0 Å². The first-order valence-corrected chi connectivity index (χ1v) is 10.5. The molecule has 0 aliphatic carbocycles. The molecule has 0 fully saturated rings. The van der Waals surface area contributed by atoms with Crippen LogP contribution in [0.4, 0.5) is 0 Å². The lowest BCUT2D eigenvalue weighted by Gasteiger charge is -2.21. The zero-order valence-corrected chi connectivity index (χ0v) is 18.3. The van der Waals surface area contributed by atoms with Gasteiger partial charge in [-0.1, -0.05) is 49.4 Å². The number of nitrogens with one attached hydrogen (secondary N) is 2. The number of rotatable bonds is 13. The van der Waals surface area contributed by atoms with Crippen LogP contribution < -0.4 is 15.4 Å². The van der Waals surface area contributed by atoms with Gasteiger partial charge < -0.3 is 25.6 Å². The van der Waals surface area contributed by atoms with Crippen LogP contribution in [-0.4, -0.2) is 53.8 Å². The average Bonchev–Trinajstić information content (AvgIpc) is 2.78. The van der Waals surface area contributed by atoms with E-state index in [2.05, 4.69) is 10.6 Å². The summed E-state index contributed by atoms with van der Waals surface area (Å²) in [5.74, 6) is -2.03. The van der Waals surface area contributed by atoms with Crippen LogP contribution in [0.3, 0.4) is 0 Å². The minimum atomic E-state index is -1.18. The number of carboxylic acid groups (broad SMARTS) is 2. The van der Waals surface area contributed by atoms with Gasteiger partial charge in [-0.3, -0.25) is 9.59 Å². The minimum absolute atomic E-state index is 0.107. The largest absolute Gasteiger partial charge is 0.497 e. The molecule has 32 heavy (non-hydrogen) atoms. The summed E-state index contributed by atoms with van der Waals surface area (Å²) < 4.78 is 5.16.